The minimum absolute atomic E-state index is 0.0233. The van der Waals surface area contributed by atoms with Crippen molar-refractivity contribution in [2.24, 2.45) is 5.73 Å². The molecule has 1 aromatic carbocycles. The smallest absolute Gasteiger partial charge is 0.251 e. The van der Waals surface area contributed by atoms with Crippen LogP contribution in [0.5, 0.6) is 0 Å². The molecule has 92 valence electrons. The predicted octanol–water partition coefficient (Wildman–Crippen LogP) is 2.45. The quantitative estimate of drug-likeness (QED) is 0.900. The van der Waals surface area contributed by atoms with Gasteiger partial charge in [-0.1, -0.05) is 28.8 Å². The summed E-state index contributed by atoms with van der Waals surface area (Å²) in [5.74, 6) is -0.0233. The number of hydrogen-bond donors (Lipinski definition) is 2. The lowest BCUT2D eigenvalue weighted by Gasteiger charge is -2.28. The number of benzene rings is 1. The maximum absolute atomic E-state index is 12.1. The van der Waals surface area contributed by atoms with E-state index < -0.39 is 0 Å². The van der Waals surface area contributed by atoms with Crippen molar-refractivity contribution in [3.63, 3.8) is 0 Å². The second-order valence-corrected chi connectivity index (χ2v) is 5.57. The van der Waals surface area contributed by atoms with Gasteiger partial charge < -0.3 is 11.1 Å². The summed E-state index contributed by atoms with van der Waals surface area (Å²) in [7, 11) is 0. The molecule has 1 aliphatic carbocycles. The lowest BCUT2D eigenvalue weighted by Crippen LogP contribution is -2.51. The van der Waals surface area contributed by atoms with E-state index in [4.69, 9.17) is 5.73 Å². The summed E-state index contributed by atoms with van der Waals surface area (Å²) in [6, 6.07) is 7.38. The van der Waals surface area contributed by atoms with Gasteiger partial charge in [0.05, 0.1) is 5.54 Å². The first-order valence-electron chi connectivity index (χ1n) is 5.93. The Labute approximate surface area is 110 Å². The molecule has 1 amide bonds. The third-order valence-corrected chi connectivity index (χ3v) is 3.97. The van der Waals surface area contributed by atoms with Crippen LogP contribution in [0.25, 0.3) is 0 Å². The molecule has 1 saturated carbocycles. The Bertz CT molecular complexity index is 396. The second kappa shape index (κ2) is 5.19. The molecule has 1 aliphatic rings. The Morgan fingerprint density at radius 2 is 1.88 bits per heavy atom. The Balaban J connectivity index is 2.08. The molecular formula is C13H17BrN2O. The summed E-state index contributed by atoms with van der Waals surface area (Å²) in [5.41, 5.74) is 6.31. The van der Waals surface area contributed by atoms with Crippen molar-refractivity contribution < 1.29 is 4.79 Å². The third kappa shape index (κ3) is 2.87. The van der Waals surface area contributed by atoms with Gasteiger partial charge in [0.2, 0.25) is 0 Å². The van der Waals surface area contributed by atoms with E-state index in [1.165, 1.54) is 0 Å². The fourth-order valence-electron chi connectivity index (χ4n) is 2.35. The number of nitrogens with two attached hydrogens (primary N) is 1. The Morgan fingerprint density at radius 3 is 2.41 bits per heavy atom. The van der Waals surface area contributed by atoms with Crippen LogP contribution in [0.15, 0.2) is 28.7 Å². The Morgan fingerprint density at radius 1 is 1.29 bits per heavy atom. The van der Waals surface area contributed by atoms with Crippen LogP contribution >= 0.6 is 15.9 Å². The van der Waals surface area contributed by atoms with Crippen molar-refractivity contribution >= 4 is 21.8 Å². The zero-order valence-electron chi connectivity index (χ0n) is 9.71. The number of carbonyl (C=O) groups is 1. The average Bonchev–Trinajstić information content (AvgIpc) is 2.79. The van der Waals surface area contributed by atoms with Crippen molar-refractivity contribution in [1.82, 2.24) is 5.32 Å². The van der Waals surface area contributed by atoms with Gasteiger partial charge in [-0.3, -0.25) is 4.79 Å². The summed E-state index contributed by atoms with van der Waals surface area (Å²) in [6.45, 7) is 0.523. The van der Waals surface area contributed by atoms with Gasteiger partial charge in [0, 0.05) is 16.6 Å². The molecule has 0 spiro atoms. The van der Waals surface area contributed by atoms with E-state index in [0.717, 1.165) is 30.2 Å². The van der Waals surface area contributed by atoms with E-state index in [0.29, 0.717) is 12.1 Å². The molecule has 0 aromatic heterocycles. The van der Waals surface area contributed by atoms with Crippen molar-refractivity contribution in [3.8, 4) is 0 Å². The predicted molar refractivity (Wildman–Crippen MR) is 71.9 cm³/mol. The molecule has 0 bridgehead atoms. The van der Waals surface area contributed by atoms with Gasteiger partial charge in [-0.15, -0.1) is 0 Å². The number of carbonyl (C=O) groups excluding carboxylic acids is 1. The third-order valence-electron chi connectivity index (χ3n) is 3.44. The van der Waals surface area contributed by atoms with Gasteiger partial charge in [-0.2, -0.15) is 0 Å². The highest BCUT2D eigenvalue weighted by atomic mass is 79.9. The molecular weight excluding hydrogens is 280 g/mol. The van der Waals surface area contributed by atoms with Gasteiger partial charge in [0.1, 0.15) is 0 Å². The monoisotopic (exact) mass is 296 g/mol. The molecule has 0 radical (unpaired) electrons. The van der Waals surface area contributed by atoms with Crippen LogP contribution < -0.4 is 11.1 Å². The molecule has 0 heterocycles. The van der Waals surface area contributed by atoms with Gasteiger partial charge >= 0.3 is 0 Å². The first kappa shape index (κ1) is 12.6. The van der Waals surface area contributed by atoms with Crippen LogP contribution in [0.1, 0.15) is 36.0 Å². The maximum atomic E-state index is 12.1. The van der Waals surface area contributed by atoms with E-state index in [1.807, 2.05) is 24.3 Å². The molecule has 3 N–H and O–H groups in total. The Kier molecular flexibility index (Phi) is 3.84. The van der Waals surface area contributed by atoms with Crippen LogP contribution in [-0.2, 0) is 0 Å². The minimum atomic E-state index is -0.176. The van der Waals surface area contributed by atoms with Gasteiger partial charge in [-0.25, -0.2) is 0 Å². The molecule has 2 rings (SSSR count). The molecule has 0 unspecified atom stereocenters. The highest BCUT2D eigenvalue weighted by molar-refractivity contribution is 9.10. The van der Waals surface area contributed by atoms with Gasteiger partial charge in [0.15, 0.2) is 0 Å². The molecule has 0 saturated heterocycles. The van der Waals surface area contributed by atoms with Gasteiger partial charge in [-0.05, 0) is 37.1 Å². The van der Waals surface area contributed by atoms with E-state index >= 15 is 0 Å². The summed E-state index contributed by atoms with van der Waals surface area (Å²) >= 11 is 3.36. The van der Waals surface area contributed by atoms with Crippen molar-refractivity contribution in [2.45, 2.75) is 31.2 Å². The summed E-state index contributed by atoms with van der Waals surface area (Å²) in [4.78, 5) is 12.1. The normalized spacial score (nSPS) is 18.0. The van der Waals surface area contributed by atoms with Crippen molar-refractivity contribution in [3.05, 3.63) is 34.3 Å². The molecule has 0 atom stereocenters. The second-order valence-electron chi connectivity index (χ2n) is 4.65. The van der Waals surface area contributed by atoms with Crippen LogP contribution in [-0.4, -0.2) is 18.0 Å². The highest BCUT2D eigenvalue weighted by Gasteiger charge is 2.33. The standard InChI is InChI=1S/C13H17BrN2O/c14-11-5-3-10(4-6-11)12(17)16-13(9-15)7-1-2-8-13/h3-6H,1-2,7-9,15H2,(H,16,17). The largest absolute Gasteiger partial charge is 0.345 e. The highest BCUT2D eigenvalue weighted by Crippen LogP contribution is 2.29. The first-order chi connectivity index (χ1) is 8.15. The van der Waals surface area contributed by atoms with E-state index in [9.17, 15) is 4.79 Å². The molecule has 1 fully saturated rings. The SMILES string of the molecule is NCC1(NC(=O)c2ccc(Br)cc2)CCCC1. The van der Waals surface area contributed by atoms with Gasteiger partial charge in [0.25, 0.3) is 5.91 Å². The Hall–Kier alpha value is -0.870. The van der Waals surface area contributed by atoms with Crippen molar-refractivity contribution in [2.75, 3.05) is 6.54 Å². The van der Waals surface area contributed by atoms with Crippen LogP contribution in [0.2, 0.25) is 0 Å². The number of nitrogens with one attached hydrogen (secondary N) is 1. The van der Waals surface area contributed by atoms with Crippen molar-refractivity contribution in [1.29, 1.82) is 0 Å². The first-order valence-corrected chi connectivity index (χ1v) is 6.73. The fraction of sp³-hybridized carbons (Fsp3) is 0.462. The summed E-state index contributed by atoms with van der Waals surface area (Å²) in [6.07, 6.45) is 4.28. The van der Waals surface area contributed by atoms with Crippen LogP contribution in [0, 0.1) is 0 Å². The zero-order valence-corrected chi connectivity index (χ0v) is 11.3. The number of halogens is 1. The van der Waals surface area contributed by atoms with E-state index in [2.05, 4.69) is 21.2 Å². The van der Waals surface area contributed by atoms with E-state index in [1.54, 1.807) is 0 Å². The average molecular weight is 297 g/mol. The molecule has 1 aromatic rings. The summed E-state index contributed by atoms with van der Waals surface area (Å²) in [5, 5.41) is 3.10. The molecule has 4 heteroatoms. The van der Waals surface area contributed by atoms with Crippen LogP contribution in [0.3, 0.4) is 0 Å². The topological polar surface area (TPSA) is 55.1 Å². The molecule has 3 nitrogen and oxygen atoms in total. The lowest BCUT2D eigenvalue weighted by atomic mass is 9.97. The molecule has 0 aliphatic heterocycles. The number of hydrogen-bond acceptors (Lipinski definition) is 2. The fourth-order valence-corrected chi connectivity index (χ4v) is 2.61. The zero-order chi connectivity index (χ0) is 12.3. The minimum Gasteiger partial charge on any atom is -0.345 e. The van der Waals surface area contributed by atoms with E-state index in [-0.39, 0.29) is 11.4 Å². The number of amides is 1. The summed E-state index contributed by atoms with van der Waals surface area (Å²) < 4.78 is 0.975. The number of rotatable bonds is 3. The van der Waals surface area contributed by atoms with Crippen LogP contribution in [0.4, 0.5) is 0 Å². The lowest BCUT2D eigenvalue weighted by molar-refractivity contribution is 0.0903. The maximum Gasteiger partial charge on any atom is 0.251 e. The molecule has 17 heavy (non-hydrogen) atoms.